The van der Waals surface area contributed by atoms with Gasteiger partial charge in [-0.3, -0.25) is 0 Å². The molecule has 1 heterocycles. The van der Waals surface area contributed by atoms with E-state index in [4.69, 9.17) is 15.2 Å². The molecule has 2 N–H and O–H groups in total. The van der Waals surface area contributed by atoms with Gasteiger partial charge in [-0.2, -0.15) is 4.31 Å². The minimum absolute atomic E-state index is 0.0572. The molecule has 1 fully saturated rings. The molecule has 1 aliphatic rings. The lowest BCUT2D eigenvalue weighted by Crippen LogP contribution is -2.42. The summed E-state index contributed by atoms with van der Waals surface area (Å²) >= 11 is 0. The second-order valence-electron chi connectivity index (χ2n) is 5.95. The van der Waals surface area contributed by atoms with E-state index in [-0.39, 0.29) is 22.3 Å². The fraction of sp³-hybridized carbons (Fsp3) is 0.562. The third-order valence-corrected chi connectivity index (χ3v) is 6.35. The number of carbonyl (C=O) groups excluding carboxylic acids is 1. The predicted octanol–water partition coefficient (Wildman–Crippen LogP) is 1.23. The molecule has 2 rings (SSSR count). The zero-order chi connectivity index (χ0) is 17.9. The highest BCUT2D eigenvalue weighted by molar-refractivity contribution is 7.89. The molecule has 0 aromatic heterocycles. The number of carbonyl (C=O) groups is 1. The SMILES string of the molecule is COC(=O)c1cc(S(=O)(=O)N2CCC(C(C)N)CC2)ccc1OC. The van der Waals surface area contributed by atoms with Crippen molar-refractivity contribution in [3.05, 3.63) is 23.8 Å². The van der Waals surface area contributed by atoms with Crippen molar-refractivity contribution >= 4 is 16.0 Å². The molecule has 0 bridgehead atoms. The Morgan fingerprint density at radius 1 is 1.29 bits per heavy atom. The third kappa shape index (κ3) is 3.71. The summed E-state index contributed by atoms with van der Waals surface area (Å²) in [7, 11) is -1.02. The normalized spacial score (nSPS) is 18.2. The lowest BCUT2D eigenvalue weighted by Gasteiger charge is -2.33. The minimum Gasteiger partial charge on any atom is -0.496 e. The van der Waals surface area contributed by atoms with Crippen LogP contribution in [0, 0.1) is 5.92 Å². The molecular weight excluding hydrogens is 332 g/mol. The maximum atomic E-state index is 12.8. The zero-order valence-electron chi connectivity index (χ0n) is 14.2. The van der Waals surface area contributed by atoms with Gasteiger partial charge in [0.25, 0.3) is 0 Å². The topological polar surface area (TPSA) is 98.9 Å². The van der Waals surface area contributed by atoms with Crippen molar-refractivity contribution in [1.82, 2.24) is 4.31 Å². The Balaban J connectivity index is 2.28. The van der Waals surface area contributed by atoms with Crippen LogP contribution in [0.2, 0.25) is 0 Å². The highest BCUT2D eigenvalue weighted by atomic mass is 32.2. The van der Waals surface area contributed by atoms with Gasteiger partial charge in [0.1, 0.15) is 11.3 Å². The van der Waals surface area contributed by atoms with Gasteiger partial charge in [-0.05, 0) is 43.9 Å². The van der Waals surface area contributed by atoms with E-state index in [0.717, 1.165) is 12.8 Å². The molecule has 8 heteroatoms. The van der Waals surface area contributed by atoms with Gasteiger partial charge in [0.2, 0.25) is 10.0 Å². The highest BCUT2D eigenvalue weighted by Crippen LogP contribution is 2.28. The summed E-state index contributed by atoms with van der Waals surface area (Å²) in [5.74, 6) is -0.0334. The number of hydrogen-bond donors (Lipinski definition) is 1. The molecule has 1 saturated heterocycles. The van der Waals surface area contributed by atoms with E-state index in [1.165, 1.54) is 36.7 Å². The average molecular weight is 356 g/mol. The second kappa shape index (κ2) is 7.50. The Kier molecular flexibility index (Phi) is 5.84. The van der Waals surface area contributed by atoms with Crippen LogP contribution in [0.5, 0.6) is 5.75 Å². The molecule has 0 saturated carbocycles. The van der Waals surface area contributed by atoms with Gasteiger partial charge in [0.15, 0.2) is 0 Å². The molecule has 0 radical (unpaired) electrons. The molecule has 1 aromatic carbocycles. The average Bonchev–Trinajstić information content (AvgIpc) is 2.60. The summed E-state index contributed by atoms with van der Waals surface area (Å²) in [6, 6.07) is 4.27. The van der Waals surface area contributed by atoms with E-state index in [2.05, 4.69) is 0 Å². The standard InChI is InChI=1S/C16H24N2O5S/c1-11(17)12-6-8-18(9-7-12)24(20,21)13-4-5-15(22-2)14(10-13)16(19)23-3/h4-5,10-12H,6-9,17H2,1-3H3. The number of nitrogens with two attached hydrogens (primary N) is 1. The molecule has 1 unspecified atom stereocenters. The maximum Gasteiger partial charge on any atom is 0.341 e. The van der Waals surface area contributed by atoms with Crippen molar-refractivity contribution < 1.29 is 22.7 Å². The third-order valence-electron chi connectivity index (χ3n) is 4.46. The van der Waals surface area contributed by atoms with Crippen LogP contribution in [0.15, 0.2) is 23.1 Å². The fourth-order valence-corrected chi connectivity index (χ4v) is 4.40. The Hall–Kier alpha value is -1.64. The van der Waals surface area contributed by atoms with Crippen LogP contribution in [0.1, 0.15) is 30.1 Å². The minimum atomic E-state index is -3.67. The van der Waals surface area contributed by atoms with Gasteiger partial charge >= 0.3 is 5.97 Å². The summed E-state index contributed by atoms with van der Waals surface area (Å²) in [5, 5.41) is 0. The molecule has 1 aliphatic heterocycles. The number of ether oxygens (including phenoxy) is 2. The molecule has 0 spiro atoms. The van der Waals surface area contributed by atoms with E-state index in [1.807, 2.05) is 6.92 Å². The quantitative estimate of drug-likeness (QED) is 0.797. The van der Waals surface area contributed by atoms with Gasteiger partial charge < -0.3 is 15.2 Å². The summed E-state index contributed by atoms with van der Waals surface area (Å²) in [5.41, 5.74) is 5.99. The van der Waals surface area contributed by atoms with Gasteiger partial charge in [0.05, 0.1) is 19.1 Å². The first-order chi connectivity index (χ1) is 11.3. The first kappa shape index (κ1) is 18.7. The van der Waals surface area contributed by atoms with Crippen molar-refractivity contribution in [3.63, 3.8) is 0 Å². The predicted molar refractivity (Wildman–Crippen MR) is 89.5 cm³/mol. The van der Waals surface area contributed by atoms with Crippen LogP contribution in [-0.2, 0) is 14.8 Å². The number of methoxy groups -OCH3 is 2. The molecule has 1 aromatic rings. The van der Waals surface area contributed by atoms with E-state index in [0.29, 0.717) is 19.0 Å². The zero-order valence-corrected chi connectivity index (χ0v) is 15.0. The smallest absolute Gasteiger partial charge is 0.341 e. The Bertz CT molecular complexity index is 694. The molecule has 0 aliphatic carbocycles. The van der Waals surface area contributed by atoms with E-state index < -0.39 is 16.0 Å². The van der Waals surface area contributed by atoms with Crippen molar-refractivity contribution in [2.45, 2.75) is 30.7 Å². The Labute approximate surface area is 142 Å². The summed E-state index contributed by atoms with van der Waals surface area (Å²) < 4.78 is 36.9. The van der Waals surface area contributed by atoms with E-state index in [1.54, 1.807) is 0 Å². The number of piperidine rings is 1. The number of nitrogens with zero attached hydrogens (tertiary/aromatic N) is 1. The molecule has 0 amide bonds. The molecule has 1 atom stereocenters. The van der Waals surface area contributed by atoms with Gasteiger partial charge in [-0.25, -0.2) is 13.2 Å². The Morgan fingerprint density at radius 3 is 2.42 bits per heavy atom. The van der Waals surface area contributed by atoms with Gasteiger partial charge in [-0.15, -0.1) is 0 Å². The van der Waals surface area contributed by atoms with Crippen LogP contribution in [0.3, 0.4) is 0 Å². The molecule has 7 nitrogen and oxygen atoms in total. The lowest BCUT2D eigenvalue weighted by molar-refractivity contribution is 0.0596. The first-order valence-corrected chi connectivity index (χ1v) is 9.27. The van der Waals surface area contributed by atoms with E-state index >= 15 is 0 Å². The summed E-state index contributed by atoms with van der Waals surface area (Å²) in [6.07, 6.45) is 1.47. The number of benzene rings is 1. The van der Waals surface area contributed by atoms with Crippen LogP contribution >= 0.6 is 0 Å². The van der Waals surface area contributed by atoms with Crippen molar-refractivity contribution in [1.29, 1.82) is 0 Å². The van der Waals surface area contributed by atoms with Gasteiger partial charge in [-0.1, -0.05) is 0 Å². The monoisotopic (exact) mass is 356 g/mol. The van der Waals surface area contributed by atoms with Crippen LogP contribution in [0.25, 0.3) is 0 Å². The molecular formula is C16H24N2O5S. The molecule has 134 valence electrons. The largest absolute Gasteiger partial charge is 0.496 e. The Morgan fingerprint density at radius 2 is 1.92 bits per heavy atom. The van der Waals surface area contributed by atoms with Gasteiger partial charge in [0, 0.05) is 19.1 Å². The van der Waals surface area contributed by atoms with Crippen molar-refractivity contribution in [3.8, 4) is 5.75 Å². The summed E-state index contributed by atoms with van der Waals surface area (Å²) in [6.45, 7) is 2.79. The summed E-state index contributed by atoms with van der Waals surface area (Å²) in [4.78, 5) is 11.9. The first-order valence-electron chi connectivity index (χ1n) is 7.83. The second-order valence-corrected chi connectivity index (χ2v) is 7.89. The number of rotatable bonds is 5. The fourth-order valence-electron chi connectivity index (χ4n) is 2.91. The number of sulfonamides is 1. The van der Waals surface area contributed by atoms with E-state index in [9.17, 15) is 13.2 Å². The number of esters is 1. The molecule has 24 heavy (non-hydrogen) atoms. The lowest BCUT2D eigenvalue weighted by atomic mass is 9.92. The van der Waals surface area contributed by atoms with Crippen LogP contribution in [-0.4, -0.2) is 52.0 Å². The van der Waals surface area contributed by atoms with Crippen molar-refractivity contribution in [2.24, 2.45) is 11.7 Å². The number of hydrogen-bond acceptors (Lipinski definition) is 6. The van der Waals surface area contributed by atoms with Crippen molar-refractivity contribution in [2.75, 3.05) is 27.3 Å². The highest BCUT2D eigenvalue weighted by Gasteiger charge is 2.31. The van der Waals surface area contributed by atoms with Crippen LogP contribution < -0.4 is 10.5 Å². The maximum absolute atomic E-state index is 12.8. The van der Waals surface area contributed by atoms with Crippen LogP contribution in [0.4, 0.5) is 0 Å².